The Bertz CT molecular complexity index is 1110. The summed E-state index contributed by atoms with van der Waals surface area (Å²) in [6.07, 6.45) is 8.73. The van der Waals surface area contributed by atoms with Gasteiger partial charge in [0.15, 0.2) is 5.82 Å². The van der Waals surface area contributed by atoms with Crippen molar-refractivity contribution in [2.24, 2.45) is 5.92 Å². The number of hydrogen-bond donors (Lipinski definition) is 2. The molecule has 0 aliphatic heterocycles. The Morgan fingerprint density at radius 3 is 2.53 bits per heavy atom. The average molecular weight is 464 g/mol. The molecule has 6 heteroatoms. The summed E-state index contributed by atoms with van der Waals surface area (Å²) in [6.45, 7) is 5.81. The van der Waals surface area contributed by atoms with Gasteiger partial charge < -0.3 is 15.4 Å². The Morgan fingerprint density at radius 2 is 1.85 bits per heavy atom. The van der Waals surface area contributed by atoms with Gasteiger partial charge in [-0.1, -0.05) is 32.8 Å². The van der Waals surface area contributed by atoms with Crippen LogP contribution in [0.5, 0.6) is 5.75 Å². The molecule has 0 radical (unpaired) electrons. The van der Waals surface area contributed by atoms with Crippen molar-refractivity contribution in [3.05, 3.63) is 65.6 Å². The van der Waals surface area contributed by atoms with Crippen molar-refractivity contribution in [2.75, 3.05) is 11.9 Å². The van der Waals surface area contributed by atoms with Crippen LogP contribution in [0.2, 0.25) is 0 Å². The third-order valence-electron chi connectivity index (χ3n) is 6.26. The fraction of sp³-hybridized carbons (Fsp3) is 0.429. The van der Waals surface area contributed by atoms with Crippen LogP contribution in [0.1, 0.15) is 68.3 Å². The molecule has 1 aliphatic carbocycles. The summed E-state index contributed by atoms with van der Waals surface area (Å²) < 4.78 is 20.8. The predicted molar refractivity (Wildman–Crippen MR) is 135 cm³/mol. The molecular formula is C28H34FN3O2. The minimum atomic E-state index is -0.524. The number of aromatic nitrogens is 1. The van der Waals surface area contributed by atoms with Crippen LogP contribution >= 0.6 is 0 Å². The van der Waals surface area contributed by atoms with Crippen LogP contribution in [0.25, 0.3) is 10.9 Å². The van der Waals surface area contributed by atoms with Crippen LogP contribution in [0.15, 0.2) is 48.7 Å². The lowest BCUT2D eigenvalue weighted by atomic mass is 10.1. The Hall–Kier alpha value is -2.99. The molecule has 0 bridgehead atoms. The van der Waals surface area contributed by atoms with Crippen molar-refractivity contribution in [2.45, 2.75) is 65.0 Å². The van der Waals surface area contributed by atoms with Crippen LogP contribution in [0, 0.1) is 11.7 Å². The number of nitrogens with one attached hydrogen (secondary N) is 2. The summed E-state index contributed by atoms with van der Waals surface area (Å²) in [7, 11) is 0. The highest BCUT2D eigenvalue weighted by atomic mass is 19.1. The number of anilines is 1. The minimum absolute atomic E-state index is 0.121. The predicted octanol–water partition coefficient (Wildman–Crippen LogP) is 6.47. The summed E-state index contributed by atoms with van der Waals surface area (Å²) in [4.78, 5) is 17.0. The van der Waals surface area contributed by atoms with Crippen molar-refractivity contribution in [1.82, 2.24) is 10.3 Å². The number of halogens is 1. The van der Waals surface area contributed by atoms with E-state index >= 15 is 4.39 Å². The molecule has 1 amide bonds. The van der Waals surface area contributed by atoms with Gasteiger partial charge in [0.2, 0.25) is 0 Å². The highest BCUT2D eigenvalue weighted by molar-refractivity contribution is 6.05. The number of nitrogens with zero attached hydrogens (tertiary/aromatic N) is 1. The van der Waals surface area contributed by atoms with Gasteiger partial charge in [0, 0.05) is 29.7 Å². The van der Waals surface area contributed by atoms with E-state index in [1.807, 2.05) is 6.07 Å². The van der Waals surface area contributed by atoms with Gasteiger partial charge in [-0.3, -0.25) is 9.78 Å². The standard InChI is InChI=1S/C28H34FN3O2/c1-3-5-23(6-4-2)30-16-20-15-22-11-14-25(26(29)27(22)31-17-20)32-28(33)21-9-12-24(13-10-21)34-18-19-7-8-19/h9-15,17,19,23,30H,3-8,16,18H2,1-2H3,(H,32,33). The lowest BCUT2D eigenvalue weighted by Gasteiger charge is -2.17. The maximum Gasteiger partial charge on any atom is 0.255 e. The summed E-state index contributed by atoms with van der Waals surface area (Å²) in [6, 6.07) is 12.8. The largest absolute Gasteiger partial charge is 0.493 e. The summed E-state index contributed by atoms with van der Waals surface area (Å²) in [5.41, 5.74) is 1.84. The number of ether oxygens (including phenoxy) is 1. The number of rotatable bonds is 12. The van der Waals surface area contributed by atoms with Crippen LogP contribution < -0.4 is 15.4 Å². The first-order valence-corrected chi connectivity index (χ1v) is 12.4. The van der Waals surface area contributed by atoms with Crippen LogP contribution in [0.3, 0.4) is 0 Å². The zero-order chi connectivity index (χ0) is 23.9. The molecule has 1 aromatic heterocycles. The first-order valence-electron chi connectivity index (χ1n) is 12.4. The third-order valence-corrected chi connectivity index (χ3v) is 6.26. The molecule has 34 heavy (non-hydrogen) atoms. The molecular weight excluding hydrogens is 429 g/mol. The molecule has 5 nitrogen and oxygen atoms in total. The Kier molecular flexibility index (Phi) is 8.12. The number of carbonyl (C=O) groups excluding carboxylic acids is 1. The van der Waals surface area contributed by atoms with E-state index < -0.39 is 5.82 Å². The van der Waals surface area contributed by atoms with E-state index in [1.54, 1.807) is 42.6 Å². The number of hydrogen-bond acceptors (Lipinski definition) is 4. The second-order valence-electron chi connectivity index (χ2n) is 9.23. The fourth-order valence-corrected chi connectivity index (χ4v) is 4.11. The Labute approximate surface area is 201 Å². The number of amides is 1. The van der Waals surface area contributed by atoms with Crippen molar-refractivity contribution in [3.8, 4) is 5.75 Å². The number of benzene rings is 2. The lowest BCUT2D eigenvalue weighted by molar-refractivity contribution is 0.102. The molecule has 1 saturated carbocycles. The first-order chi connectivity index (χ1) is 16.6. The highest BCUT2D eigenvalue weighted by Gasteiger charge is 2.22. The van der Waals surface area contributed by atoms with E-state index in [1.165, 1.54) is 12.8 Å². The van der Waals surface area contributed by atoms with E-state index in [0.717, 1.165) is 49.0 Å². The molecule has 180 valence electrons. The van der Waals surface area contributed by atoms with E-state index in [-0.39, 0.29) is 17.1 Å². The van der Waals surface area contributed by atoms with Gasteiger partial charge in [-0.25, -0.2) is 4.39 Å². The second-order valence-corrected chi connectivity index (χ2v) is 9.23. The fourth-order valence-electron chi connectivity index (χ4n) is 4.11. The smallest absolute Gasteiger partial charge is 0.255 e. The van der Waals surface area contributed by atoms with Crippen LogP contribution in [0.4, 0.5) is 10.1 Å². The van der Waals surface area contributed by atoms with E-state index in [9.17, 15) is 4.79 Å². The Morgan fingerprint density at radius 1 is 1.12 bits per heavy atom. The molecule has 0 spiro atoms. The van der Waals surface area contributed by atoms with Gasteiger partial charge in [0.05, 0.1) is 12.3 Å². The van der Waals surface area contributed by atoms with Gasteiger partial charge in [-0.05, 0) is 73.6 Å². The monoisotopic (exact) mass is 463 g/mol. The topological polar surface area (TPSA) is 63.2 Å². The van der Waals surface area contributed by atoms with Crippen LogP contribution in [-0.4, -0.2) is 23.5 Å². The van der Waals surface area contributed by atoms with Gasteiger partial charge in [0.25, 0.3) is 5.91 Å². The van der Waals surface area contributed by atoms with Crippen molar-refractivity contribution in [3.63, 3.8) is 0 Å². The maximum absolute atomic E-state index is 15.1. The Balaban J connectivity index is 1.40. The molecule has 3 aromatic rings. The quantitative estimate of drug-likeness (QED) is 0.323. The molecule has 2 aromatic carbocycles. The molecule has 0 saturated heterocycles. The molecule has 0 atom stereocenters. The first kappa shape index (κ1) is 24.1. The summed E-state index contributed by atoms with van der Waals surface area (Å²) >= 11 is 0. The number of pyridine rings is 1. The SMILES string of the molecule is CCCC(CCC)NCc1cnc2c(F)c(NC(=O)c3ccc(OCC4CC4)cc3)ccc2c1. The zero-order valence-electron chi connectivity index (χ0n) is 20.1. The molecule has 1 aliphatic rings. The highest BCUT2D eigenvalue weighted by Crippen LogP contribution is 2.29. The van der Waals surface area contributed by atoms with Crippen LogP contribution in [-0.2, 0) is 6.54 Å². The second kappa shape index (κ2) is 11.4. The number of fused-ring (bicyclic) bond motifs is 1. The van der Waals surface area contributed by atoms with Gasteiger partial charge in [-0.2, -0.15) is 0 Å². The molecule has 0 unspecified atom stereocenters. The molecule has 1 fully saturated rings. The molecule has 1 heterocycles. The zero-order valence-corrected chi connectivity index (χ0v) is 20.1. The summed E-state index contributed by atoms with van der Waals surface area (Å²) in [5.74, 6) is 0.514. The third kappa shape index (κ3) is 6.32. The maximum atomic E-state index is 15.1. The van der Waals surface area contributed by atoms with E-state index in [0.29, 0.717) is 24.1 Å². The van der Waals surface area contributed by atoms with E-state index in [2.05, 4.69) is 29.5 Å². The normalized spacial score (nSPS) is 13.4. The average Bonchev–Trinajstić information content (AvgIpc) is 3.68. The van der Waals surface area contributed by atoms with Crippen molar-refractivity contribution in [1.29, 1.82) is 0 Å². The van der Waals surface area contributed by atoms with E-state index in [4.69, 9.17) is 4.74 Å². The minimum Gasteiger partial charge on any atom is -0.493 e. The lowest BCUT2D eigenvalue weighted by Crippen LogP contribution is -2.28. The van der Waals surface area contributed by atoms with Gasteiger partial charge in [0.1, 0.15) is 11.3 Å². The summed E-state index contributed by atoms with van der Waals surface area (Å²) in [5, 5.41) is 6.98. The van der Waals surface area contributed by atoms with Crippen molar-refractivity contribution < 1.29 is 13.9 Å². The van der Waals surface area contributed by atoms with Gasteiger partial charge >= 0.3 is 0 Å². The van der Waals surface area contributed by atoms with Gasteiger partial charge in [-0.15, -0.1) is 0 Å². The number of carbonyl (C=O) groups is 1. The molecule has 2 N–H and O–H groups in total. The van der Waals surface area contributed by atoms with Crippen molar-refractivity contribution >= 4 is 22.5 Å². The molecule has 4 rings (SSSR count).